The Hall–Kier alpha value is -2.46. The lowest BCUT2D eigenvalue weighted by Crippen LogP contribution is -2.19. The zero-order valence-corrected chi connectivity index (χ0v) is 16.7. The number of aryl methyl sites for hydroxylation is 1. The molecule has 0 saturated carbocycles. The number of aromatic nitrogens is 3. The monoisotopic (exact) mass is 428 g/mol. The van der Waals surface area contributed by atoms with Crippen LogP contribution in [0.4, 0.5) is 14.5 Å². The van der Waals surface area contributed by atoms with Gasteiger partial charge >= 0.3 is 0 Å². The Morgan fingerprint density at radius 1 is 1.36 bits per heavy atom. The fourth-order valence-corrected chi connectivity index (χ4v) is 4.68. The molecule has 1 aliphatic rings. The molecule has 28 heavy (non-hydrogen) atoms. The molecule has 7 nitrogen and oxygen atoms in total. The van der Waals surface area contributed by atoms with Crippen LogP contribution in [0.2, 0.25) is 5.02 Å². The predicted molar refractivity (Wildman–Crippen MR) is 100 cm³/mol. The molecule has 1 unspecified atom stereocenters. The molecule has 2 aromatic heterocycles. The van der Waals surface area contributed by atoms with E-state index >= 15 is 0 Å². The second-order valence-corrected chi connectivity index (χ2v) is 8.11. The van der Waals surface area contributed by atoms with Crippen molar-refractivity contribution in [1.82, 2.24) is 14.7 Å². The van der Waals surface area contributed by atoms with Crippen molar-refractivity contribution in [3.05, 3.63) is 40.2 Å². The van der Waals surface area contributed by atoms with Crippen LogP contribution in [0.5, 0.6) is 5.75 Å². The zero-order chi connectivity index (χ0) is 20.2. The number of fused-ring (bicyclic) bond motifs is 1. The first-order valence-electron chi connectivity index (χ1n) is 8.15. The number of ether oxygens (including phenoxy) is 1. The van der Waals surface area contributed by atoms with Gasteiger partial charge in [0.15, 0.2) is 11.6 Å². The van der Waals surface area contributed by atoms with Gasteiger partial charge in [0.25, 0.3) is 6.79 Å². The van der Waals surface area contributed by atoms with E-state index in [-0.39, 0.29) is 34.5 Å². The quantitative estimate of drug-likeness (QED) is 0.636. The van der Waals surface area contributed by atoms with Gasteiger partial charge in [0, 0.05) is 26.4 Å². The maximum Gasteiger partial charge on any atom is 0.253 e. The molecule has 1 atom stereocenters. The second-order valence-electron chi connectivity index (χ2n) is 6.39. The normalized spacial score (nSPS) is 13.9. The number of rotatable bonds is 4. The first-order chi connectivity index (χ1) is 13.3. The van der Waals surface area contributed by atoms with Crippen molar-refractivity contribution in [2.75, 3.05) is 25.8 Å². The van der Waals surface area contributed by atoms with E-state index in [1.54, 1.807) is 6.20 Å². The first-order valence-corrected chi connectivity index (χ1v) is 9.85. The summed E-state index contributed by atoms with van der Waals surface area (Å²) in [4.78, 5) is 15.5. The molecule has 1 aliphatic heterocycles. The van der Waals surface area contributed by atoms with Crippen LogP contribution in [-0.4, -0.2) is 39.8 Å². The van der Waals surface area contributed by atoms with Crippen LogP contribution in [0.15, 0.2) is 17.4 Å². The van der Waals surface area contributed by atoms with Gasteiger partial charge in [0.1, 0.15) is 11.0 Å². The summed E-state index contributed by atoms with van der Waals surface area (Å²) in [5.74, 6) is -2.72. The Balaban J connectivity index is 1.77. The lowest BCUT2D eigenvalue weighted by molar-refractivity contribution is 0.000143. The predicted octanol–water partition coefficient (Wildman–Crippen LogP) is 2.82. The van der Waals surface area contributed by atoms with E-state index in [2.05, 4.69) is 9.97 Å². The average Bonchev–Trinajstić information content (AvgIpc) is 2.88. The molecule has 0 aliphatic carbocycles. The van der Waals surface area contributed by atoms with Gasteiger partial charge in [-0.15, -0.1) is 4.73 Å². The third-order valence-electron chi connectivity index (χ3n) is 4.29. The van der Waals surface area contributed by atoms with E-state index in [1.807, 2.05) is 25.9 Å². The molecular formula is C17H15ClF2N4O3S. The van der Waals surface area contributed by atoms with Crippen molar-refractivity contribution >= 4 is 39.1 Å². The molecule has 0 N–H and O–H groups in total. The van der Waals surface area contributed by atoms with Gasteiger partial charge in [-0.3, -0.25) is 9.19 Å². The molecule has 1 aromatic carbocycles. The van der Waals surface area contributed by atoms with Crippen LogP contribution in [-0.2, 0) is 16.6 Å². The number of halogens is 3. The van der Waals surface area contributed by atoms with E-state index in [9.17, 15) is 13.0 Å². The minimum atomic E-state index is -1.79. The van der Waals surface area contributed by atoms with E-state index in [0.717, 1.165) is 16.0 Å². The molecule has 3 aromatic rings. The molecule has 4 rings (SSSR count). The Bertz CT molecular complexity index is 1140. The minimum absolute atomic E-state index is 0.0789. The van der Waals surface area contributed by atoms with E-state index in [4.69, 9.17) is 21.2 Å². The minimum Gasteiger partial charge on any atom is -0.452 e. The van der Waals surface area contributed by atoms with Crippen LogP contribution in [0.1, 0.15) is 11.3 Å². The maximum atomic E-state index is 14.3. The van der Waals surface area contributed by atoms with Crippen LogP contribution in [0, 0.1) is 18.6 Å². The highest BCUT2D eigenvalue weighted by atomic mass is 35.5. The fourth-order valence-electron chi connectivity index (χ4n) is 3.04. The Labute approximate surface area is 166 Å². The summed E-state index contributed by atoms with van der Waals surface area (Å²) in [6, 6.07) is 1.26. The van der Waals surface area contributed by atoms with Gasteiger partial charge in [-0.05, 0) is 12.5 Å². The lowest BCUT2D eigenvalue weighted by atomic mass is 10.2. The summed E-state index contributed by atoms with van der Waals surface area (Å²) in [6.45, 7) is 1.49. The van der Waals surface area contributed by atoms with Crippen LogP contribution < -0.4 is 14.5 Å². The summed E-state index contributed by atoms with van der Waals surface area (Å²) in [6.07, 6.45) is 1.64. The van der Waals surface area contributed by atoms with E-state index in [0.29, 0.717) is 10.7 Å². The van der Waals surface area contributed by atoms with Crippen molar-refractivity contribution in [1.29, 1.82) is 0 Å². The molecular weight excluding hydrogens is 414 g/mol. The smallest absolute Gasteiger partial charge is 0.253 e. The zero-order valence-electron chi connectivity index (χ0n) is 15.1. The van der Waals surface area contributed by atoms with Gasteiger partial charge in [0.2, 0.25) is 11.0 Å². The molecule has 3 heterocycles. The van der Waals surface area contributed by atoms with Crippen molar-refractivity contribution in [2.24, 2.45) is 0 Å². The molecule has 0 fully saturated rings. The summed E-state index contributed by atoms with van der Waals surface area (Å²) < 4.78 is 47.4. The number of benzene rings is 1. The third kappa shape index (κ3) is 2.87. The van der Waals surface area contributed by atoms with Crippen molar-refractivity contribution in [2.45, 2.75) is 17.8 Å². The van der Waals surface area contributed by atoms with Crippen LogP contribution >= 0.6 is 11.6 Å². The van der Waals surface area contributed by atoms with Gasteiger partial charge in [-0.2, -0.15) is 4.39 Å². The van der Waals surface area contributed by atoms with Gasteiger partial charge in [0.05, 0.1) is 33.0 Å². The van der Waals surface area contributed by atoms with Gasteiger partial charge in [-0.1, -0.05) is 11.6 Å². The largest absolute Gasteiger partial charge is 0.452 e. The molecule has 2 bridgehead atoms. The molecule has 0 radical (unpaired) electrons. The topological polar surface area (TPSA) is 69.5 Å². The lowest BCUT2D eigenvalue weighted by Gasteiger charge is -2.18. The molecule has 0 saturated heterocycles. The number of nitrogens with zero attached hydrogens (tertiary/aromatic N) is 4. The van der Waals surface area contributed by atoms with Crippen molar-refractivity contribution < 1.29 is 22.6 Å². The number of hydrogen-bond donors (Lipinski definition) is 0. The third-order valence-corrected chi connectivity index (χ3v) is 5.89. The fraction of sp³-hybridized carbons (Fsp3) is 0.294. The van der Waals surface area contributed by atoms with Crippen LogP contribution in [0.3, 0.4) is 0 Å². The van der Waals surface area contributed by atoms with E-state index in [1.165, 1.54) is 6.07 Å². The highest BCUT2D eigenvalue weighted by molar-refractivity contribution is 7.84. The Kier molecular flexibility index (Phi) is 4.62. The van der Waals surface area contributed by atoms with Crippen molar-refractivity contribution in [3.63, 3.8) is 0 Å². The molecule has 148 valence electrons. The number of anilines is 1. The average molecular weight is 429 g/mol. The van der Waals surface area contributed by atoms with Gasteiger partial charge in [-0.25, -0.2) is 9.37 Å². The molecule has 0 spiro atoms. The first kappa shape index (κ1) is 18.9. The van der Waals surface area contributed by atoms with Gasteiger partial charge < -0.3 is 14.5 Å². The molecule has 11 heteroatoms. The summed E-state index contributed by atoms with van der Waals surface area (Å²) in [5.41, 5.74) is 1.87. The number of hydrogen-bond acceptors (Lipinski definition) is 6. The van der Waals surface area contributed by atoms with Crippen molar-refractivity contribution in [3.8, 4) is 5.75 Å². The number of pyridine rings is 1. The standard InChI is InChI=1S/C17H15ClF2N4O3S/c1-8-5-21-9(12(18)16(8)23(2)3)6-28(25)17-22-15-10-4-11(13(19)14(15)20)26-7-27-24(10)17/h4-5H,6-7H2,1-3H3. The van der Waals surface area contributed by atoms with Crippen LogP contribution in [0.25, 0.3) is 11.0 Å². The highest BCUT2D eigenvalue weighted by Crippen LogP contribution is 2.33. The Morgan fingerprint density at radius 2 is 2.11 bits per heavy atom. The summed E-state index contributed by atoms with van der Waals surface area (Å²) >= 11 is 6.45. The summed E-state index contributed by atoms with van der Waals surface area (Å²) in [5, 5.41) is 0.287. The maximum absolute atomic E-state index is 14.3. The SMILES string of the molecule is Cc1cnc(CS(=O)c2nc3c(F)c(F)c4cc3n2OCO4)c(Cl)c1N(C)C. The Morgan fingerprint density at radius 3 is 2.82 bits per heavy atom. The van der Waals surface area contributed by atoms with E-state index < -0.39 is 22.4 Å². The molecule has 0 amide bonds. The highest BCUT2D eigenvalue weighted by Gasteiger charge is 2.28. The summed E-state index contributed by atoms with van der Waals surface area (Å²) in [7, 11) is 1.89. The second kappa shape index (κ2) is 6.85. The number of imidazole rings is 1.